The monoisotopic (exact) mass is 395 g/mol. The highest BCUT2D eigenvalue weighted by Crippen LogP contribution is 2.27. The number of hydrogen-bond donors (Lipinski definition) is 2. The van der Waals surface area contributed by atoms with Crippen molar-refractivity contribution in [2.75, 3.05) is 11.9 Å². The van der Waals surface area contributed by atoms with Gasteiger partial charge in [0, 0.05) is 24.0 Å². The Labute approximate surface area is 174 Å². The Kier molecular flexibility index (Phi) is 5.44. The number of amides is 2. The number of carbonyl (C=O) groups excluding carboxylic acids is 1. The van der Waals surface area contributed by atoms with E-state index in [1.807, 2.05) is 84.4 Å². The minimum Gasteiger partial charge on any atom is -0.338 e. The Morgan fingerprint density at radius 3 is 2.70 bits per heavy atom. The standard InChI is InChI=1S/C24H21N5O/c1-2-26-24(30)28-21-8-4-7-20(14-21)22-16-27-23-15-19(10-12-29(22)23)18-6-3-5-17(13-18)9-11-25/h3-8,10,12-16H,2,9H2,1H3,(H2,26,28,30). The summed E-state index contributed by atoms with van der Waals surface area (Å²) >= 11 is 0. The first kappa shape index (κ1) is 19.2. The summed E-state index contributed by atoms with van der Waals surface area (Å²) in [5, 5.41) is 14.5. The highest BCUT2D eigenvalue weighted by molar-refractivity contribution is 5.90. The van der Waals surface area contributed by atoms with Crippen LogP contribution in [0.1, 0.15) is 12.5 Å². The van der Waals surface area contributed by atoms with Gasteiger partial charge in [0.25, 0.3) is 0 Å². The maximum Gasteiger partial charge on any atom is 0.319 e. The van der Waals surface area contributed by atoms with E-state index in [-0.39, 0.29) is 6.03 Å². The number of carbonyl (C=O) groups is 1. The van der Waals surface area contributed by atoms with Crippen molar-refractivity contribution in [1.29, 1.82) is 5.26 Å². The van der Waals surface area contributed by atoms with Gasteiger partial charge in [-0.2, -0.15) is 5.26 Å². The molecule has 2 amide bonds. The number of nitrogens with one attached hydrogen (secondary N) is 2. The molecule has 0 aliphatic heterocycles. The molecular formula is C24H21N5O. The number of urea groups is 1. The molecule has 4 rings (SSSR count). The Morgan fingerprint density at radius 2 is 1.87 bits per heavy atom. The van der Waals surface area contributed by atoms with Crippen LogP contribution < -0.4 is 10.6 Å². The zero-order valence-electron chi connectivity index (χ0n) is 16.6. The molecule has 4 aromatic rings. The van der Waals surface area contributed by atoms with Crippen LogP contribution in [0.3, 0.4) is 0 Å². The van der Waals surface area contributed by atoms with E-state index in [0.29, 0.717) is 13.0 Å². The van der Waals surface area contributed by atoms with Gasteiger partial charge in [0.15, 0.2) is 0 Å². The Morgan fingerprint density at radius 1 is 1.07 bits per heavy atom. The minimum absolute atomic E-state index is 0.226. The number of hydrogen-bond acceptors (Lipinski definition) is 3. The maximum atomic E-state index is 11.8. The van der Waals surface area contributed by atoms with Gasteiger partial charge in [-0.3, -0.25) is 4.40 Å². The number of anilines is 1. The molecule has 0 saturated heterocycles. The van der Waals surface area contributed by atoms with E-state index in [0.717, 1.165) is 39.3 Å². The Hall–Kier alpha value is -4.11. The van der Waals surface area contributed by atoms with E-state index < -0.39 is 0 Å². The zero-order chi connectivity index (χ0) is 20.9. The molecule has 0 aliphatic carbocycles. The normalized spacial score (nSPS) is 10.5. The van der Waals surface area contributed by atoms with Gasteiger partial charge in [-0.25, -0.2) is 9.78 Å². The number of nitriles is 1. The third-order valence-electron chi connectivity index (χ3n) is 4.81. The SMILES string of the molecule is CCNC(=O)Nc1cccc(-c2cnc3cc(-c4cccc(CC#N)c4)ccn23)c1. The van der Waals surface area contributed by atoms with E-state index in [1.54, 1.807) is 0 Å². The van der Waals surface area contributed by atoms with Crippen molar-refractivity contribution in [3.63, 3.8) is 0 Å². The van der Waals surface area contributed by atoms with Crippen LogP contribution in [0.4, 0.5) is 10.5 Å². The van der Waals surface area contributed by atoms with Crippen molar-refractivity contribution in [2.45, 2.75) is 13.3 Å². The van der Waals surface area contributed by atoms with Gasteiger partial charge in [-0.15, -0.1) is 0 Å². The lowest BCUT2D eigenvalue weighted by atomic mass is 10.0. The van der Waals surface area contributed by atoms with E-state index in [2.05, 4.69) is 21.7 Å². The van der Waals surface area contributed by atoms with Gasteiger partial charge in [-0.05, 0) is 47.9 Å². The summed E-state index contributed by atoms with van der Waals surface area (Å²) < 4.78 is 2.02. The van der Waals surface area contributed by atoms with Crippen molar-refractivity contribution in [3.05, 3.63) is 78.6 Å². The largest absolute Gasteiger partial charge is 0.338 e. The summed E-state index contributed by atoms with van der Waals surface area (Å²) in [7, 11) is 0. The Balaban J connectivity index is 1.66. The van der Waals surface area contributed by atoms with Gasteiger partial charge in [-0.1, -0.05) is 36.4 Å². The molecule has 0 aliphatic rings. The second-order valence-electron chi connectivity index (χ2n) is 6.89. The van der Waals surface area contributed by atoms with E-state index in [9.17, 15) is 4.79 Å². The van der Waals surface area contributed by atoms with Gasteiger partial charge >= 0.3 is 6.03 Å². The van der Waals surface area contributed by atoms with Crippen molar-refractivity contribution < 1.29 is 4.79 Å². The van der Waals surface area contributed by atoms with E-state index >= 15 is 0 Å². The lowest BCUT2D eigenvalue weighted by molar-refractivity contribution is 0.252. The molecule has 30 heavy (non-hydrogen) atoms. The molecule has 0 fully saturated rings. The van der Waals surface area contributed by atoms with Crippen LogP contribution in [0.15, 0.2) is 73.1 Å². The summed E-state index contributed by atoms with van der Waals surface area (Å²) in [5.41, 5.74) is 6.55. The number of fused-ring (bicyclic) bond motifs is 1. The summed E-state index contributed by atoms with van der Waals surface area (Å²) in [6.45, 7) is 2.45. The fourth-order valence-electron chi connectivity index (χ4n) is 3.42. The molecule has 6 nitrogen and oxygen atoms in total. The molecule has 0 spiro atoms. The molecule has 2 N–H and O–H groups in total. The predicted molar refractivity (Wildman–Crippen MR) is 118 cm³/mol. The van der Waals surface area contributed by atoms with Crippen LogP contribution in [-0.2, 0) is 6.42 Å². The molecular weight excluding hydrogens is 374 g/mol. The summed E-state index contributed by atoms with van der Waals surface area (Å²) in [6.07, 6.45) is 4.22. The van der Waals surface area contributed by atoms with Crippen molar-refractivity contribution in [1.82, 2.24) is 14.7 Å². The van der Waals surface area contributed by atoms with Crippen LogP contribution in [0.2, 0.25) is 0 Å². The molecule has 0 bridgehead atoms. The highest BCUT2D eigenvalue weighted by atomic mass is 16.2. The van der Waals surface area contributed by atoms with Crippen molar-refractivity contribution in [2.24, 2.45) is 0 Å². The summed E-state index contributed by atoms with van der Waals surface area (Å²) in [4.78, 5) is 16.4. The molecule has 0 saturated carbocycles. The lowest BCUT2D eigenvalue weighted by Gasteiger charge is -2.09. The third-order valence-corrected chi connectivity index (χ3v) is 4.81. The smallest absolute Gasteiger partial charge is 0.319 e. The first-order chi connectivity index (χ1) is 14.7. The van der Waals surface area contributed by atoms with Crippen molar-refractivity contribution >= 4 is 17.4 Å². The number of imidazole rings is 1. The predicted octanol–water partition coefficient (Wildman–Crippen LogP) is 4.88. The molecule has 2 aromatic heterocycles. The summed E-state index contributed by atoms with van der Waals surface area (Å²) in [5.74, 6) is 0. The molecule has 2 aromatic carbocycles. The fraction of sp³-hybridized carbons (Fsp3) is 0.125. The summed E-state index contributed by atoms with van der Waals surface area (Å²) in [6, 6.07) is 21.7. The van der Waals surface area contributed by atoms with Crippen molar-refractivity contribution in [3.8, 4) is 28.5 Å². The number of nitrogens with zero attached hydrogens (tertiary/aromatic N) is 3. The number of rotatable bonds is 5. The molecule has 0 unspecified atom stereocenters. The molecule has 2 heterocycles. The van der Waals surface area contributed by atoms with Crippen LogP contribution in [-0.4, -0.2) is 22.0 Å². The van der Waals surface area contributed by atoms with E-state index in [1.165, 1.54) is 0 Å². The topological polar surface area (TPSA) is 82.2 Å². The van der Waals surface area contributed by atoms with Crippen LogP contribution in [0.5, 0.6) is 0 Å². The number of pyridine rings is 1. The first-order valence-electron chi connectivity index (χ1n) is 9.76. The average Bonchev–Trinajstić information content (AvgIpc) is 3.18. The van der Waals surface area contributed by atoms with E-state index in [4.69, 9.17) is 5.26 Å². The van der Waals surface area contributed by atoms with Crippen LogP contribution >= 0.6 is 0 Å². The van der Waals surface area contributed by atoms with Gasteiger partial charge in [0.2, 0.25) is 0 Å². The highest BCUT2D eigenvalue weighted by Gasteiger charge is 2.09. The third kappa shape index (κ3) is 4.01. The molecule has 6 heteroatoms. The van der Waals surface area contributed by atoms with Crippen LogP contribution in [0, 0.1) is 11.3 Å². The second-order valence-corrected chi connectivity index (χ2v) is 6.89. The average molecular weight is 395 g/mol. The first-order valence-corrected chi connectivity index (χ1v) is 9.76. The minimum atomic E-state index is -0.226. The molecule has 148 valence electrons. The Bertz CT molecular complexity index is 1250. The van der Waals surface area contributed by atoms with Crippen LogP contribution in [0.25, 0.3) is 28.0 Å². The van der Waals surface area contributed by atoms with Gasteiger partial charge in [0.05, 0.1) is 24.4 Å². The maximum absolute atomic E-state index is 11.8. The second kappa shape index (κ2) is 8.50. The fourth-order valence-corrected chi connectivity index (χ4v) is 3.42. The quantitative estimate of drug-likeness (QED) is 0.505. The molecule has 0 atom stereocenters. The van der Waals surface area contributed by atoms with Gasteiger partial charge < -0.3 is 10.6 Å². The lowest BCUT2D eigenvalue weighted by Crippen LogP contribution is -2.28. The zero-order valence-corrected chi connectivity index (χ0v) is 16.6. The van der Waals surface area contributed by atoms with Gasteiger partial charge in [0.1, 0.15) is 5.65 Å². The molecule has 0 radical (unpaired) electrons. The number of aromatic nitrogens is 2. The number of benzene rings is 2.